The number of aliphatic carboxylic acids is 1. The van der Waals surface area contributed by atoms with Crippen molar-refractivity contribution in [3.8, 4) is 0 Å². The van der Waals surface area contributed by atoms with Crippen molar-refractivity contribution in [3.05, 3.63) is 46.1 Å². The van der Waals surface area contributed by atoms with Crippen LogP contribution in [0.25, 0.3) is 0 Å². The van der Waals surface area contributed by atoms with Gasteiger partial charge in [0.15, 0.2) is 0 Å². The minimum atomic E-state index is -1.03. The van der Waals surface area contributed by atoms with Crippen LogP contribution in [0.5, 0.6) is 0 Å². The molecule has 0 saturated carbocycles. The smallest absolute Gasteiger partial charge is 0.329 e. The summed E-state index contributed by atoms with van der Waals surface area (Å²) in [4.78, 5) is 10.3. The standard InChI is InChI=1S/C12H11BrN2O4/c13-9-3-1-8(2-4-9)5-10-14-15-11(19-10)6-18-7-12(16)17/h1-4H,5-7H2,(H,16,17). The van der Waals surface area contributed by atoms with Gasteiger partial charge in [-0.15, -0.1) is 10.2 Å². The zero-order valence-corrected chi connectivity index (χ0v) is 11.5. The van der Waals surface area contributed by atoms with E-state index in [1.165, 1.54) is 0 Å². The van der Waals surface area contributed by atoms with E-state index < -0.39 is 5.97 Å². The minimum absolute atomic E-state index is 0.000359. The molecule has 6 nitrogen and oxygen atoms in total. The monoisotopic (exact) mass is 326 g/mol. The predicted molar refractivity (Wildman–Crippen MR) is 68.5 cm³/mol. The maximum atomic E-state index is 10.3. The fourth-order valence-corrected chi connectivity index (χ4v) is 1.68. The summed E-state index contributed by atoms with van der Waals surface area (Å²) in [5.74, 6) is -0.292. The Morgan fingerprint density at radius 1 is 1.26 bits per heavy atom. The lowest BCUT2D eigenvalue weighted by atomic mass is 10.2. The number of carbonyl (C=O) groups is 1. The Hall–Kier alpha value is -1.73. The van der Waals surface area contributed by atoms with Gasteiger partial charge in [-0.1, -0.05) is 28.1 Å². The Labute approximate surface area is 117 Å². The molecule has 2 aromatic rings. The first-order chi connectivity index (χ1) is 9.13. The van der Waals surface area contributed by atoms with Crippen LogP contribution in [0.15, 0.2) is 33.2 Å². The van der Waals surface area contributed by atoms with E-state index in [-0.39, 0.29) is 19.1 Å². The van der Waals surface area contributed by atoms with Gasteiger partial charge >= 0.3 is 5.97 Å². The summed E-state index contributed by atoms with van der Waals surface area (Å²) in [6.45, 7) is -0.385. The second-order valence-corrected chi connectivity index (χ2v) is 4.69. The number of hydrogen-bond acceptors (Lipinski definition) is 5. The molecule has 1 aromatic heterocycles. The van der Waals surface area contributed by atoms with Crippen LogP contribution in [-0.4, -0.2) is 27.9 Å². The van der Waals surface area contributed by atoms with Crippen LogP contribution in [-0.2, 0) is 22.6 Å². The van der Waals surface area contributed by atoms with Crippen LogP contribution in [0.2, 0.25) is 0 Å². The van der Waals surface area contributed by atoms with Crippen molar-refractivity contribution >= 4 is 21.9 Å². The first kappa shape index (κ1) is 13.7. The highest BCUT2D eigenvalue weighted by atomic mass is 79.9. The molecule has 0 bridgehead atoms. The molecule has 1 heterocycles. The highest BCUT2D eigenvalue weighted by Crippen LogP contribution is 2.13. The number of carboxylic acids is 1. The fraction of sp³-hybridized carbons (Fsp3) is 0.250. The van der Waals surface area contributed by atoms with Crippen LogP contribution >= 0.6 is 15.9 Å². The van der Waals surface area contributed by atoms with Crippen molar-refractivity contribution in [1.82, 2.24) is 10.2 Å². The van der Waals surface area contributed by atoms with Crippen LogP contribution < -0.4 is 0 Å². The van der Waals surface area contributed by atoms with E-state index in [0.717, 1.165) is 10.0 Å². The van der Waals surface area contributed by atoms with Crippen molar-refractivity contribution in [1.29, 1.82) is 0 Å². The highest BCUT2D eigenvalue weighted by Gasteiger charge is 2.08. The van der Waals surface area contributed by atoms with Gasteiger partial charge in [-0.25, -0.2) is 4.79 Å². The number of aromatic nitrogens is 2. The first-order valence-electron chi connectivity index (χ1n) is 5.49. The number of ether oxygens (including phenoxy) is 1. The molecular formula is C12H11BrN2O4. The number of nitrogens with zero attached hydrogens (tertiary/aromatic N) is 2. The largest absolute Gasteiger partial charge is 0.480 e. The molecule has 0 saturated heterocycles. The molecule has 0 amide bonds. The van der Waals surface area contributed by atoms with Crippen molar-refractivity contribution in [3.63, 3.8) is 0 Å². The zero-order chi connectivity index (χ0) is 13.7. The lowest BCUT2D eigenvalue weighted by Gasteiger charge is -1.97. The van der Waals surface area contributed by atoms with Crippen molar-refractivity contribution < 1.29 is 19.1 Å². The average molecular weight is 327 g/mol. The second-order valence-electron chi connectivity index (χ2n) is 3.78. The summed E-state index contributed by atoms with van der Waals surface area (Å²) >= 11 is 3.36. The average Bonchev–Trinajstić information content (AvgIpc) is 2.79. The third-order valence-electron chi connectivity index (χ3n) is 2.23. The van der Waals surface area contributed by atoms with Crippen LogP contribution in [0.4, 0.5) is 0 Å². The summed E-state index contributed by atoms with van der Waals surface area (Å²) in [6.07, 6.45) is 0.527. The molecule has 2 rings (SSSR count). The molecule has 0 aliphatic rings. The van der Waals surface area contributed by atoms with Gasteiger partial charge in [0.05, 0.1) is 6.42 Å². The van der Waals surface area contributed by atoms with Crippen LogP contribution in [0.1, 0.15) is 17.3 Å². The SMILES string of the molecule is O=C(O)COCc1nnc(Cc2ccc(Br)cc2)o1. The lowest BCUT2D eigenvalue weighted by Crippen LogP contribution is -2.06. The predicted octanol–water partition coefficient (Wildman–Crippen LogP) is 2.02. The molecule has 0 aliphatic carbocycles. The summed E-state index contributed by atoms with van der Waals surface area (Å²) in [5.41, 5.74) is 1.05. The molecule has 100 valence electrons. The Balaban J connectivity index is 1.90. The molecule has 0 aliphatic heterocycles. The first-order valence-corrected chi connectivity index (χ1v) is 6.28. The van der Waals surface area contributed by atoms with Gasteiger partial charge < -0.3 is 14.3 Å². The van der Waals surface area contributed by atoms with Gasteiger partial charge in [0.1, 0.15) is 13.2 Å². The summed E-state index contributed by atoms with van der Waals surface area (Å²) in [6, 6.07) is 7.77. The maximum Gasteiger partial charge on any atom is 0.329 e. The van der Waals surface area contributed by atoms with E-state index in [0.29, 0.717) is 12.3 Å². The molecule has 0 spiro atoms. The number of carboxylic acid groups (broad SMARTS) is 1. The molecule has 19 heavy (non-hydrogen) atoms. The van der Waals surface area contributed by atoms with Crippen molar-refractivity contribution in [2.45, 2.75) is 13.0 Å². The van der Waals surface area contributed by atoms with E-state index in [4.69, 9.17) is 14.3 Å². The fourth-order valence-electron chi connectivity index (χ4n) is 1.42. The van der Waals surface area contributed by atoms with E-state index in [1.54, 1.807) is 0 Å². The normalized spacial score (nSPS) is 10.6. The molecule has 0 radical (unpaired) electrons. The molecule has 0 atom stereocenters. The molecule has 1 N–H and O–H groups in total. The van der Waals surface area contributed by atoms with Crippen LogP contribution in [0, 0.1) is 0 Å². The lowest BCUT2D eigenvalue weighted by molar-refractivity contribution is -0.142. The van der Waals surface area contributed by atoms with Gasteiger partial charge in [-0.05, 0) is 17.7 Å². The Kier molecular flexibility index (Phi) is 4.64. The summed E-state index contributed by atoms with van der Waals surface area (Å²) in [5, 5.41) is 16.1. The topological polar surface area (TPSA) is 85.5 Å². The Bertz CT molecular complexity index is 553. The van der Waals surface area contributed by atoms with Gasteiger partial charge in [0.2, 0.25) is 11.8 Å². The van der Waals surface area contributed by atoms with Gasteiger partial charge in [0.25, 0.3) is 0 Å². The zero-order valence-electron chi connectivity index (χ0n) is 9.88. The minimum Gasteiger partial charge on any atom is -0.480 e. The molecular weight excluding hydrogens is 316 g/mol. The number of rotatable bonds is 6. The number of halogens is 1. The van der Waals surface area contributed by atoms with Gasteiger partial charge in [-0.3, -0.25) is 0 Å². The molecule has 0 unspecified atom stereocenters. The number of hydrogen-bond donors (Lipinski definition) is 1. The van der Waals surface area contributed by atoms with E-state index in [1.807, 2.05) is 24.3 Å². The Morgan fingerprint density at radius 2 is 1.95 bits per heavy atom. The second kappa shape index (κ2) is 6.44. The molecule has 1 aromatic carbocycles. The summed E-state index contributed by atoms with van der Waals surface area (Å²) in [7, 11) is 0. The third-order valence-corrected chi connectivity index (χ3v) is 2.76. The maximum absolute atomic E-state index is 10.3. The van der Waals surface area contributed by atoms with E-state index in [9.17, 15) is 4.79 Å². The quantitative estimate of drug-likeness (QED) is 0.874. The van der Waals surface area contributed by atoms with E-state index in [2.05, 4.69) is 26.1 Å². The highest BCUT2D eigenvalue weighted by molar-refractivity contribution is 9.10. The van der Waals surface area contributed by atoms with Crippen LogP contribution in [0.3, 0.4) is 0 Å². The van der Waals surface area contributed by atoms with E-state index >= 15 is 0 Å². The summed E-state index contributed by atoms with van der Waals surface area (Å²) < 4.78 is 11.2. The number of benzene rings is 1. The Morgan fingerprint density at radius 3 is 2.63 bits per heavy atom. The molecule has 0 fully saturated rings. The van der Waals surface area contributed by atoms with Gasteiger partial charge in [0, 0.05) is 4.47 Å². The molecule has 7 heteroatoms. The van der Waals surface area contributed by atoms with Crippen molar-refractivity contribution in [2.75, 3.05) is 6.61 Å². The van der Waals surface area contributed by atoms with Crippen molar-refractivity contribution in [2.24, 2.45) is 0 Å². The third kappa shape index (κ3) is 4.46. The van der Waals surface area contributed by atoms with Gasteiger partial charge in [-0.2, -0.15) is 0 Å².